The molecule has 62 heavy (non-hydrogen) atoms. The minimum absolute atomic E-state index is 0. The maximum atomic E-state index is 12.6. The van der Waals surface area contributed by atoms with Gasteiger partial charge in [-0.25, -0.2) is 56.9 Å². The van der Waals surface area contributed by atoms with Crippen molar-refractivity contribution in [2.24, 2.45) is 16.0 Å². The fourth-order valence-electron chi connectivity index (χ4n) is 4.80. The summed E-state index contributed by atoms with van der Waals surface area (Å²) in [4.78, 5) is 20.0. The first kappa shape index (κ1) is 58.2. The molecule has 4 aromatic carbocycles. The molecule has 0 unspecified atom stereocenters. The summed E-state index contributed by atoms with van der Waals surface area (Å²) in [6.07, 6.45) is 1.05. The third-order valence-electron chi connectivity index (χ3n) is 7.17. The molecule has 0 fully saturated rings. The number of primary amides is 1. The normalized spacial score (nSPS) is 11.9. The monoisotopic (exact) mass is 991 g/mol. The first-order valence-electron chi connectivity index (χ1n) is 15.1. The van der Waals surface area contributed by atoms with Gasteiger partial charge in [0.25, 0.3) is 0 Å². The molecular weight excluding hydrogens is 971 g/mol. The minimum atomic E-state index is -5.52. The van der Waals surface area contributed by atoms with E-state index >= 15 is 0 Å². The van der Waals surface area contributed by atoms with Crippen molar-refractivity contribution in [2.45, 2.75) is 19.6 Å². The molecule has 1 heterocycles. The fourth-order valence-corrected chi connectivity index (χ4v) is 8.27. The van der Waals surface area contributed by atoms with Crippen LogP contribution in [0.15, 0.2) is 103 Å². The fraction of sp³-hybridized carbons (Fsp3) is 0.0714. The van der Waals surface area contributed by atoms with Crippen LogP contribution in [0.2, 0.25) is 0 Å². The van der Waals surface area contributed by atoms with Crippen LogP contribution in [0.5, 0.6) is 0 Å². The number of aromatic nitrogens is 3. The Bertz CT molecular complexity index is 3100. The van der Waals surface area contributed by atoms with E-state index in [1.54, 1.807) is 0 Å². The number of amides is 2. The minimum Gasteiger partial charge on any atom is -0.744 e. The molecule has 2 amide bonds. The second kappa shape index (κ2) is 23.1. The van der Waals surface area contributed by atoms with E-state index in [0.717, 1.165) is 6.33 Å². The molecule has 308 valence electrons. The molecule has 0 atom stereocenters. The number of hydrogen-bond donors (Lipinski definition) is 4. The predicted octanol–water partition coefficient (Wildman–Crippen LogP) is -10.6. The molecule has 0 spiro atoms. The Kier molecular flexibility index (Phi) is 21.6. The number of nitrogens with two attached hydrogens (primary N) is 1. The van der Waals surface area contributed by atoms with Gasteiger partial charge in [0.2, 0.25) is 22.3 Å². The van der Waals surface area contributed by atoms with E-state index in [9.17, 15) is 65.1 Å². The number of nitrogens with zero attached hydrogens (tertiary/aromatic N) is 5. The molecule has 5 aromatic rings. The van der Waals surface area contributed by atoms with E-state index < -0.39 is 100 Å². The first-order chi connectivity index (χ1) is 26.8. The molecule has 25 nitrogen and oxygen atoms in total. The van der Waals surface area contributed by atoms with Crippen LogP contribution in [-0.2, 0) is 54.8 Å². The van der Waals surface area contributed by atoms with E-state index in [2.05, 4.69) is 45.3 Å². The predicted molar refractivity (Wildman–Crippen MR) is 192 cm³/mol. The zero-order valence-corrected chi connectivity index (χ0v) is 44.3. The second-order valence-corrected chi connectivity index (χ2v) is 18.4. The number of rotatable bonds is 15. The number of anilines is 5. The van der Waals surface area contributed by atoms with Crippen molar-refractivity contribution in [3.63, 3.8) is 0 Å². The van der Waals surface area contributed by atoms with Crippen LogP contribution in [0.25, 0.3) is 10.8 Å². The summed E-state index contributed by atoms with van der Waals surface area (Å²) < 4.78 is 168. The van der Waals surface area contributed by atoms with E-state index in [0.29, 0.717) is 18.2 Å². The molecule has 0 bridgehead atoms. The summed E-state index contributed by atoms with van der Waals surface area (Å²) in [6, 6.07) is 9.69. The Morgan fingerprint density at radius 1 is 0.661 bits per heavy atom. The van der Waals surface area contributed by atoms with Crippen LogP contribution >= 0.6 is 0 Å². The summed E-state index contributed by atoms with van der Waals surface area (Å²) in [5.74, 6) is -1.07. The van der Waals surface area contributed by atoms with Crippen molar-refractivity contribution >= 4 is 108 Å². The summed E-state index contributed by atoms with van der Waals surface area (Å²) in [5.41, 5.74) is 4.28. The van der Waals surface area contributed by atoms with Crippen LogP contribution in [0.4, 0.5) is 45.1 Å². The molecule has 5 N–H and O–H groups in total. The van der Waals surface area contributed by atoms with Gasteiger partial charge in [-0.3, -0.25) is 4.18 Å². The number of fused-ring (bicyclic) bond motifs is 1. The van der Waals surface area contributed by atoms with Gasteiger partial charge < -0.3 is 39.9 Å². The summed E-state index contributed by atoms with van der Waals surface area (Å²) in [6.45, 7) is -0.909. The average Bonchev–Trinajstić information content (AvgIpc) is 3.08. The first-order valence-corrected chi connectivity index (χ1v) is 22.3. The van der Waals surface area contributed by atoms with Crippen LogP contribution in [0.3, 0.4) is 0 Å². The number of carbonyl (C=O) groups excluding carboxylic acids is 1. The maximum Gasteiger partial charge on any atom is 1.00 e. The van der Waals surface area contributed by atoms with Gasteiger partial charge in [0.15, 0.2) is 9.84 Å². The largest absolute Gasteiger partial charge is 1.00 e. The number of azo groups is 1. The summed E-state index contributed by atoms with van der Waals surface area (Å²) in [5, 5.41) is 14.1. The van der Waals surface area contributed by atoms with Gasteiger partial charge in [0, 0.05) is 16.8 Å². The molecule has 34 heteroatoms. The van der Waals surface area contributed by atoms with Crippen molar-refractivity contribution < 1.29 is 188 Å². The quantitative estimate of drug-likeness (QED) is 0.0327. The zero-order valence-electron chi connectivity index (χ0n) is 32.2. The Morgan fingerprint density at radius 3 is 1.79 bits per heavy atom. The van der Waals surface area contributed by atoms with Crippen molar-refractivity contribution in [1.82, 2.24) is 15.0 Å². The third-order valence-corrected chi connectivity index (χ3v) is 11.9. The van der Waals surface area contributed by atoms with Crippen molar-refractivity contribution in [3.05, 3.63) is 73.1 Å². The Balaban J connectivity index is 0.00000480. The second-order valence-electron chi connectivity index (χ2n) is 11.2. The average molecular weight is 992 g/mol. The molecule has 0 aliphatic heterocycles. The molecule has 1 aromatic heterocycles. The molecule has 0 aliphatic carbocycles. The molecule has 0 saturated carbocycles. The smallest absolute Gasteiger partial charge is 0.744 e. The van der Waals surface area contributed by atoms with E-state index in [1.807, 2.05) is 0 Å². The standard InChI is InChI=1S/C28H25N9O16S5.4Na/c29-26(38)34-22-11-17(33-28-31-14-30-27(35-28)32-16-2-1-3-18(10-16)54(39,40)7-6-53-58(50,51)52)4-5-21(22)36-37-23-13-20-15(9-25(23)57(47,48)49)8-19(55(41,42)43)12-24(20)56(44,45)46;;;;/h1-5,8-14H,6-7H2,(H3,29,34,38)(H,41,42,43)(H,44,45,46)(H,47,48,49)(H,50,51,52)(H2,30,31,32,33,35);;;;/q;4*+1/p-4. The number of nitrogens with one attached hydrogen (secondary N) is 3. The van der Waals surface area contributed by atoms with Gasteiger partial charge in [0.1, 0.15) is 48.1 Å². The number of benzene rings is 4. The van der Waals surface area contributed by atoms with Gasteiger partial charge in [-0.1, -0.05) is 6.07 Å². The molecule has 5 rings (SSSR count). The van der Waals surface area contributed by atoms with Gasteiger partial charge in [-0.2, -0.15) is 4.98 Å². The Labute approximate surface area is 441 Å². The molecular formula is C28H21N9Na4O16S5. The van der Waals surface area contributed by atoms with E-state index in [-0.39, 0.29) is 164 Å². The van der Waals surface area contributed by atoms with Crippen LogP contribution < -0.4 is 140 Å². The van der Waals surface area contributed by atoms with Gasteiger partial charge in [-0.15, -0.1) is 10.2 Å². The topological polar surface area (TPSA) is 415 Å². The van der Waals surface area contributed by atoms with Crippen LogP contribution in [0.1, 0.15) is 0 Å². The molecule has 0 saturated heterocycles. The third kappa shape index (κ3) is 16.2. The van der Waals surface area contributed by atoms with Crippen molar-refractivity contribution in [2.75, 3.05) is 28.3 Å². The number of hydrogen-bond acceptors (Lipinski definition) is 23. The van der Waals surface area contributed by atoms with Crippen molar-refractivity contribution in [3.8, 4) is 0 Å². The molecule has 0 aliphatic rings. The maximum absolute atomic E-state index is 12.6. The Morgan fingerprint density at radius 2 is 1.24 bits per heavy atom. The number of carbonyl (C=O) groups is 1. The van der Waals surface area contributed by atoms with Gasteiger partial charge in [0.05, 0.1) is 37.6 Å². The number of sulfone groups is 1. The number of urea groups is 1. The summed E-state index contributed by atoms with van der Waals surface area (Å²) in [7, 11) is -25.6. The zero-order chi connectivity index (χ0) is 42.8. The van der Waals surface area contributed by atoms with Crippen LogP contribution in [0, 0.1) is 0 Å². The van der Waals surface area contributed by atoms with Gasteiger partial charge in [-0.05, 0) is 66.0 Å². The van der Waals surface area contributed by atoms with Crippen molar-refractivity contribution in [1.29, 1.82) is 0 Å². The Hall–Kier alpha value is -1.83. The van der Waals surface area contributed by atoms with Crippen LogP contribution in [-0.4, -0.2) is 93.6 Å². The van der Waals surface area contributed by atoms with Gasteiger partial charge >= 0.3 is 124 Å². The van der Waals surface area contributed by atoms with E-state index in [4.69, 9.17) is 5.73 Å². The summed E-state index contributed by atoms with van der Waals surface area (Å²) >= 11 is 0. The molecule has 0 radical (unpaired) electrons. The SMILES string of the molecule is NC(=O)Nc1cc(Nc2ncnc(Nc3cccc(S(=O)(=O)CCOS(=O)(=O)[O-])c3)n2)ccc1N=Nc1cc2c(S(=O)(=O)[O-])cc(S(=O)(=O)[O-])cc2cc1S(=O)(=O)[O-].[Na+].[Na+].[Na+].[Na+]. The van der Waals surface area contributed by atoms with E-state index in [1.165, 1.54) is 42.5 Å².